The monoisotopic (exact) mass is 254 g/mol. The summed E-state index contributed by atoms with van der Waals surface area (Å²) in [6.07, 6.45) is 1.75. The van der Waals surface area contributed by atoms with E-state index in [1.54, 1.807) is 0 Å². The Morgan fingerprint density at radius 3 is 2.53 bits per heavy atom. The summed E-state index contributed by atoms with van der Waals surface area (Å²) in [5.74, 6) is 0. The molecule has 0 atom stereocenters. The lowest BCUT2D eigenvalue weighted by atomic mass is 10.0. The molecule has 1 aliphatic heterocycles. The molecule has 3 rings (SSSR count). The van der Waals surface area contributed by atoms with Crippen molar-refractivity contribution in [3.63, 3.8) is 0 Å². The molecule has 0 unspecified atom stereocenters. The molecule has 3 nitrogen and oxygen atoms in total. The Labute approximate surface area is 113 Å². The summed E-state index contributed by atoms with van der Waals surface area (Å²) in [5, 5.41) is 14.7. The van der Waals surface area contributed by atoms with Crippen molar-refractivity contribution < 1.29 is 5.21 Å². The maximum Gasteiger partial charge on any atom is 0.0596 e. The Hall–Kier alpha value is -1.87. The summed E-state index contributed by atoms with van der Waals surface area (Å²) in [4.78, 5) is 2.43. The zero-order valence-corrected chi connectivity index (χ0v) is 10.9. The zero-order chi connectivity index (χ0) is 13.1. The lowest BCUT2D eigenvalue weighted by Gasteiger charge is -2.27. The van der Waals surface area contributed by atoms with Gasteiger partial charge in [-0.1, -0.05) is 47.6 Å². The maximum atomic E-state index is 8.78. The summed E-state index contributed by atoms with van der Waals surface area (Å²) < 4.78 is 0. The molecule has 3 heteroatoms. The quantitative estimate of drug-likeness (QED) is 0.659. The molecular formula is C16H18N2O. The van der Waals surface area contributed by atoms with Gasteiger partial charge in [0.15, 0.2) is 0 Å². The summed E-state index contributed by atoms with van der Waals surface area (Å²) >= 11 is 0. The van der Waals surface area contributed by atoms with Gasteiger partial charge in [-0.15, -0.1) is 0 Å². The first-order valence-corrected chi connectivity index (χ1v) is 6.75. The zero-order valence-electron chi connectivity index (χ0n) is 10.9. The van der Waals surface area contributed by atoms with Crippen LogP contribution in [0.15, 0.2) is 47.6 Å². The molecule has 1 N–H and O–H groups in total. The van der Waals surface area contributed by atoms with E-state index in [0.717, 1.165) is 38.2 Å². The van der Waals surface area contributed by atoms with Crippen LogP contribution in [0, 0.1) is 0 Å². The van der Waals surface area contributed by atoms with Crippen LogP contribution in [-0.2, 0) is 6.54 Å². The van der Waals surface area contributed by atoms with Gasteiger partial charge in [-0.3, -0.25) is 4.90 Å². The third-order valence-corrected chi connectivity index (χ3v) is 3.85. The van der Waals surface area contributed by atoms with Crippen molar-refractivity contribution in [2.75, 3.05) is 13.1 Å². The summed E-state index contributed by atoms with van der Waals surface area (Å²) in [6, 6.07) is 15.0. The highest BCUT2D eigenvalue weighted by Gasteiger charge is 2.16. The smallest absolute Gasteiger partial charge is 0.0596 e. The standard InChI is InChI=1S/C16H18N2O/c19-17-15-8-10-18(11-9-15)12-14-6-3-5-13-4-1-2-7-16(13)14/h1-7,19H,8-12H2. The Morgan fingerprint density at radius 2 is 1.74 bits per heavy atom. The highest BCUT2D eigenvalue weighted by atomic mass is 16.4. The first-order valence-electron chi connectivity index (χ1n) is 6.75. The van der Waals surface area contributed by atoms with E-state index in [1.165, 1.54) is 16.3 Å². The predicted molar refractivity (Wildman–Crippen MR) is 77.7 cm³/mol. The number of piperidine rings is 1. The lowest BCUT2D eigenvalue weighted by Crippen LogP contribution is -2.33. The van der Waals surface area contributed by atoms with Crippen molar-refractivity contribution in [1.82, 2.24) is 4.90 Å². The topological polar surface area (TPSA) is 35.8 Å². The molecule has 1 fully saturated rings. The number of rotatable bonds is 2. The van der Waals surface area contributed by atoms with Crippen molar-refractivity contribution in [3.8, 4) is 0 Å². The van der Waals surface area contributed by atoms with Gasteiger partial charge in [-0.05, 0) is 16.3 Å². The molecule has 1 heterocycles. The van der Waals surface area contributed by atoms with E-state index in [9.17, 15) is 0 Å². The average Bonchev–Trinajstić information content (AvgIpc) is 2.48. The Bertz CT molecular complexity index is 591. The maximum absolute atomic E-state index is 8.78. The van der Waals surface area contributed by atoms with Gasteiger partial charge >= 0.3 is 0 Å². The van der Waals surface area contributed by atoms with Crippen LogP contribution in [0.5, 0.6) is 0 Å². The number of fused-ring (bicyclic) bond motifs is 1. The Balaban J connectivity index is 1.79. The van der Waals surface area contributed by atoms with Crippen molar-refractivity contribution in [2.24, 2.45) is 5.16 Å². The van der Waals surface area contributed by atoms with Crippen molar-refractivity contribution in [2.45, 2.75) is 19.4 Å². The van der Waals surface area contributed by atoms with Gasteiger partial charge in [0.2, 0.25) is 0 Å². The molecule has 0 aromatic heterocycles. The minimum Gasteiger partial charge on any atom is -0.411 e. The second-order valence-corrected chi connectivity index (χ2v) is 5.08. The third-order valence-electron chi connectivity index (χ3n) is 3.85. The van der Waals surface area contributed by atoms with E-state index in [-0.39, 0.29) is 0 Å². The van der Waals surface area contributed by atoms with E-state index >= 15 is 0 Å². The predicted octanol–water partition coefficient (Wildman–Crippen LogP) is 3.27. The molecule has 2 aromatic rings. The molecule has 1 saturated heterocycles. The number of likely N-dealkylation sites (tertiary alicyclic amines) is 1. The molecule has 0 saturated carbocycles. The Morgan fingerprint density at radius 1 is 1.00 bits per heavy atom. The SMILES string of the molecule is ON=C1CCN(Cc2cccc3ccccc23)CC1. The summed E-state index contributed by atoms with van der Waals surface area (Å²) in [6.45, 7) is 2.92. The first kappa shape index (κ1) is 12.2. The van der Waals surface area contributed by atoms with Gasteiger partial charge in [-0.2, -0.15) is 0 Å². The normalized spacial score (nSPS) is 16.7. The fraction of sp³-hybridized carbons (Fsp3) is 0.312. The van der Waals surface area contributed by atoms with E-state index < -0.39 is 0 Å². The van der Waals surface area contributed by atoms with Gasteiger partial charge in [0.05, 0.1) is 5.71 Å². The minimum atomic E-state index is 0.876. The second-order valence-electron chi connectivity index (χ2n) is 5.08. The van der Waals surface area contributed by atoms with Crippen LogP contribution in [0.3, 0.4) is 0 Å². The number of nitrogens with zero attached hydrogens (tertiary/aromatic N) is 2. The molecule has 98 valence electrons. The third kappa shape index (κ3) is 2.61. The number of hydrogen-bond acceptors (Lipinski definition) is 3. The largest absolute Gasteiger partial charge is 0.411 e. The van der Waals surface area contributed by atoms with Crippen LogP contribution >= 0.6 is 0 Å². The molecule has 0 spiro atoms. The number of hydrogen-bond donors (Lipinski definition) is 1. The van der Waals surface area contributed by atoms with Crippen LogP contribution in [0.25, 0.3) is 10.8 Å². The van der Waals surface area contributed by atoms with Crippen LogP contribution in [-0.4, -0.2) is 28.9 Å². The van der Waals surface area contributed by atoms with Crippen LogP contribution in [0.1, 0.15) is 18.4 Å². The van der Waals surface area contributed by atoms with Crippen LogP contribution < -0.4 is 0 Å². The number of oxime groups is 1. The molecular weight excluding hydrogens is 236 g/mol. The van der Waals surface area contributed by atoms with E-state index in [1.807, 2.05) is 0 Å². The van der Waals surface area contributed by atoms with Crippen LogP contribution in [0.4, 0.5) is 0 Å². The molecule has 2 aromatic carbocycles. The fourth-order valence-corrected chi connectivity index (χ4v) is 2.74. The molecule has 0 bridgehead atoms. The van der Waals surface area contributed by atoms with E-state index in [0.29, 0.717) is 0 Å². The van der Waals surface area contributed by atoms with Crippen molar-refractivity contribution in [1.29, 1.82) is 0 Å². The molecule has 0 amide bonds. The van der Waals surface area contributed by atoms with Gasteiger partial charge in [0, 0.05) is 32.5 Å². The molecule has 0 radical (unpaired) electrons. The summed E-state index contributed by atoms with van der Waals surface area (Å²) in [7, 11) is 0. The first-order chi connectivity index (χ1) is 9.36. The van der Waals surface area contributed by atoms with E-state index in [4.69, 9.17) is 5.21 Å². The average molecular weight is 254 g/mol. The van der Waals surface area contributed by atoms with Gasteiger partial charge in [0.1, 0.15) is 0 Å². The molecule has 19 heavy (non-hydrogen) atoms. The minimum absolute atomic E-state index is 0.876. The van der Waals surface area contributed by atoms with Crippen molar-refractivity contribution in [3.05, 3.63) is 48.0 Å². The van der Waals surface area contributed by atoms with Crippen LogP contribution in [0.2, 0.25) is 0 Å². The van der Waals surface area contributed by atoms with Gasteiger partial charge in [-0.25, -0.2) is 0 Å². The van der Waals surface area contributed by atoms with E-state index in [2.05, 4.69) is 52.5 Å². The van der Waals surface area contributed by atoms with Gasteiger partial charge in [0.25, 0.3) is 0 Å². The fourth-order valence-electron chi connectivity index (χ4n) is 2.74. The molecule has 1 aliphatic rings. The van der Waals surface area contributed by atoms with Crippen molar-refractivity contribution >= 4 is 16.5 Å². The lowest BCUT2D eigenvalue weighted by molar-refractivity contribution is 0.257. The van der Waals surface area contributed by atoms with Gasteiger partial charge < -0.3 is 5.21 Å². The highest BCUT2D eigenvalue weighted by molar-refractivity contribution is 5.86. The summed E-state index contributed by atoms with van der Waals surface area (Å²) in [5.41, 5.74) is 2.30. The highest BCUT2D eigenvalue weighted by Crippen LogP contribution is 2.21. The second kappa shape index (κ2) is 5.41. The molecule has 0 aliphatic carbocycles. The Kier molecular flexibility index (Phi) is 3.47. The number of benzene rings is 2.